The number of nitrogens with zero attached hydrogens (tertiary/aromatic N) is 1. The smallest absolute Gasteiger partial charge is 0.229 e. The summed E-state index contributed by atoms with van der Waals surface area (Å²) in [6.45, 7) is 1.31. The molecule has 0 aliphatic heterocycles. The number of aromatic nitrogens is 1. The number of nitrogens with one attached hydrogen (secondary N) is 2. The maximum Gasteiger partial charge on any atom is 0.229 e. The molecule has 2 rings (SSSR count). The number of carbonyl (C=O) groups is 1. The molecule has 7 nitrogen and oxygen atoms in total. The standard InChI is InChI=1S/C18H23N3O4/c1-23-9-8-19-14-5-7-17(20-12-14)21-18(22)11-13-4-6-15(24-2)16(10-13)25-3/h4-7,10,12,19H,8-9,11H2,1-3H3,(H,20,21,22). The van der Waals surface area contributed by atoms with Crippen molar-refractivity contribution < 1.29 is 19.0 Å². The minimum absolute atomic E-state index is 0.153. The van der Waals surface area contributed by atoms with Crippen LogP contribution in [0.1, 0.15) is 5.56 Å². The van der Waals surface area contributed by atoms with Crippen molar-refractivity contribution in [2.75, 3.05) is 45.1 Å². The predicted octanol–water partition coefficient (Wildman–Crippen LogP) is 2.34. The lowest BCUT2D eigenvalue weighted by molar-refractivity contribution is -0.115. The molecule has 0 aliphatic carbocycles. The first-order valence-electron chi connectivity index (χ1n) is 7.86. The highest BCUT2D eigenvalue weighted by atomic mass is 16.5. The van der Waals surface area contributed by atoms with Gasteiger partial charge >= 0.3 is 0 Å². The topological polar surface area (TPSA) is 81.7 Å². The van der Waals surface area contributed by atoms with Crippen molar-refractivity contribution >= 4 is 17.4 Å². The van der Waals surface area contributed by atoms with E-state index in [4.69, 9.17) is 14.2 Å². The average molecular weight is 345 g/mol. The lowest BCUT2D eigenvalue weighted by Crippen LogP contribution is -2.15. The van der Waals surface area contributed by atoms with Gasteiger partial charge in [-0.05, 0) is 29.8 Å². The lowest BCUT2D eigenvalue weighted by atomic mass is 10.1. The van der Waals surface area contributed by atoms with Gasteiger partial charge in [-0.25, -0.2) is 4.98 Å². The van der Waals surface area contributed by atoms with Crippen LogP contribution < -0.4 is 20.1 Å². The van der Waals surface area contributed by atoms with E-state index in [2.05, 4.69) is 15.6 Å². The van der Waals surface area contributed by atoms with Gasteiger partial charge in [0.05, 0.1) is 39.1 Å². The summed E-state index contributed by atoms with van der Waals surface area (Å²) >= 11 is 0. The number of ether oxygens (including phenoxy) is 3. The maximum absolute atomic E-state index is 12.2. The molecule has 1 aromatic heterocycles. The number of methoxy groups -OCH3 is 3. The van der Waals surface area contributed by atoms with Crippen LogP contribution in [0.15, 0.2) is 36.5 Å². The van der Waals surface area contributed by atoms with Gasteiger partial charge in [-0.15, -0.1) is 0 Å². The zero-order chi connectivity index (χ0) is 18.1. The van der Waals surface area contributed by atoms with Crippen LogP contribution in [0.2, 0.25) is 0 Å². The molecule has 0 saturated heterocycles. The third-order valence-electron chi connectivity index (χ3n) is 3.48. The second kappa shape index (κ2) is 9.48. The molecule has 0 atom stereocenters. The van der Waals surface area contributed by atoms with Gasteiger partial charge in [0.25, 0.3) is 0 Å². The Hall–Kier alpha value is -2.80. The van der Waals surface area contributed by atoms with Crippen molar-refractivity contribution in [3.8, 4) is 11.5 Å². The van der Waals surface area contributed by atoms with Crippen LogP contribution in [-0.4, -0.2) is 45.4 Å². The number of pyridine rings is 1. The van der Waals surface area contributed by atoms with Gasteiger partial charge in [-0.3, -0.25) is 4.79 Å². The summed E-state index contributed by atoms with van der Waals surface area (Å²) in [7, 11) is 4.79. The van der Waals surface area contributed by atoms with Crippen LogP contribution >= 0.6 is 0 Å². The summed E-state index contributed by atoms with van der Waals surface area (Å²) in [5, 5.41) is 5.94. The molecular formula is C18H23N3O4. The van der Waals surface area contributed by atoms with Crippen LogP contribution in [0.4, 0.5) is 11.5 Å². The highest BCUT2D eigenvalue weighted by molar-refractivity contribution is 5.91. The van der Waals surface area contributed by atoms with Crippen molar-refractivity contribution in [2.24, 2.45) is 0 Å². The first-order valence-corrected chi connectivity index (χ1v) is 7.86. The highest BCUT2D eigenvalue weighted by Gasteiger charge is 2.09. The van der Waals surface area contributed by atoms with E-state index in [1.165, 1.54) is 0 Å². The second-order valence-corrected chi connectivity index (χ2v) is 5.27. The Bertz CT molecular complexity index is 689. The Morgan fingerprint density at radius 1 is 1.08 bits per heavy atom. The molecule has 0 fully saturated rings. The number of carbonyl (C=O) groups excluding carboxylic acids is 1. The summed E-state index contributed by atoms with van der Waals surface area (Å²) in [5.41, 5.74) is 1.70. The van der Waals surface area contributed by atoms with Gasteiger partial charge in [0.15, 0.2) is 11.5 Å². The van der Waals surface area contributed by atoms with E-state index in [-0.39, 0.29) is 12.3 Å². The molecule has 0 aliphatic rings. The van der Waals surface area contributed by atoms with E-state index in [9.17, 15) is 4.79 Å². The number of hydrogen-bond donors (Lipinski definition) is 2. The Morgan fingerprint density at radius 2 is 1.88 bits per heavy atom. The summed E-state index contributed by atoms with van der Waals surface area (Å²) < 4.78 is 15.4. The molecule has 0 saturated carbocycles. The summed E-state index contributed by atoms with van der Waals surface area (Å²) in [5.74, 6) is 1.57. The van der Waals surface area contributed by atoms with Crippen molar-refractivity contribution in [3.05, 3.63) is 42.1 Å². The van der Waals surface area contributed by atoms with E-state index >= 15 is 0 Å². The normalized spacial score (nSPS) is 10.2. The fraction of sp³-hybridized carbons (Fsp3) is 0.333. The fourth-order valence-corrected chi connectivity index (χ4v) is 2.23. The Kier molecular flexibility index (Phi) is 7.03. The zero-order valence-electron chi connectivity index (χ0n) is 14.7. The Labute approximate surface area is 147 Å². The number of benzene rings is 1. The molecule has 7 heteroatoms. The summed E-state index contributed by atoms with van der Waals surface area (Å²) in [6.07, 6.45) is 1.89. The lowest BCUT2D eigenvalue weighted by Gasteiger charge is -2.10. The predicted molar refractivity (Wildman–Crippen MR) is 96.5 cm³/mol. The van der Waals surface area contributed by atoms with Gasteiger partial charge in [0.1, 0.15) is 5.82 Å². The van der Waals surface area contributed by atoms with Crippen LogP contribution in [0.25, 0.3) is 0 Å². The quantitative estimate of drug-likeness (QED) is 0.679. The fourth-order valence-electron chi connectivity index (χ4n) is 2.23. The number of amides is 1. The minimum atomic E-state index is -0.153. The largest absolute Gasteiger partial charge is 0.493 e. The molecule has 2 N–H and O–H groups in total. The van der Waals surface area contributed by atoms with Gasteiger partial charge in [-0.2, -0.15) is 0 Å². The highest BCUT2D eigenvalue weighted by Crippen LogP contribution is 2.27. The Balaban J connectivity index is 1.91. The van der Waals surface area contributed by atoms with Gasteiger partial charge in [0.2, 0.25) is 5.91 Å². The molecule has 2 aromatic rings. The van der Waals surface area contributed by atoms with E-state index < -0.39 is 0 Å². The van der Waals surface area contributed by atoms with Crippen molar-refractivity contribution in [1.82, 2.24) is 4.98 Å². The van der Waals surface area contributed by atoms with Crippen LogP contribution in [0, 0.1) is 0 Å². The number of anilines is 2. The summed E-state index contributed by atoms with van der Waals surface area (Å²) in [6, 6.07) is 9.00. The molecular weight excluding hydrogens is 322 g/mol. The van der Waals surface area contributed by atoms with Gasteiger partial charge < -0.3 is 24.8 Å². The number of hydrogen-bond acceptors (Lipinski definition) is 6. The molecule has 0 unspecified atom stereocenters. The molecule has 1 heterocycles. The maximum atomic E-state index is 12.2. The molecule has 1 amide bonds. The van der Waals surface area contributed by atoms with Crippen LogP contribution in [-0.2, 0) is 16.0 Å². The third-order valence-corrected chi connectivity index (χ3v) is 3.48. The average Bonchev–Trinajstić information content (AvgIpc) is 2.63. The van der Waals surface area contributed by atoms with Gasteiger partial charge in [0, 0.05) is 13.7 Å². The molecule has 0 bridgehead atoms. The Morgan fingerprint density at radius 3 is 2.52 bits per heavy atom. The first kappa shape index (κ1) is 18.5. The first-order chi connectivity index (χ1) is 12.2. The van der Waals surface area contributed by atoms with Crippen molar-refractivity contribution in [1.29, 1.82) is 0 Å². The second-order valence-electron chi connectivity index (χ2n) is 5.27. The molecule has 0 spiro atoms. The minimum Gasteiger partial charge on any atom is -0.493 e. The zero-order valence-corrected chi connectivity index (χ0v) is 14.7. The molecule has 1 aromatic carbocycles. The van der Waals surface area contributed by atoms with E-state index in [0.29, 0.717) is 30.5 Å². The molecule has 25 heavy (non-hydrogen) atoms. The molecule has 134 valence electrons. The van der Waals surface area contributed by atoms with Crippen molar-refractivity contribution in [3.63, 3.8) is 0 Å². The number of rotatable bonds is 9. The summed E-state index contributed by atoms with van der Waals surface area (Å²) in [4.78, 5) is 16.4. The van der Waals surface area contributed by atoms with E-state index in [1.54, 1.807) is 45.7 Å². The van der Waals surface area contributed by atoms with Crippen LogP contribution in [0.5, 0.6) is 11.5 Å². The van der Waals surface area contributed by atoms with Crippen LogP contribution in [0.3, 0.4) is 0 Å². The third kappa shape index (κ3) is 5.65. The SMILES string of the molecule is COCCNc1ccc(NC(=O)Cc2ccc(OC)c(OC)c2)nc1. The van der Waals surface area contributed by atoms with Gasteiger partial charge in [-0.1, -0.05) is 6.07 Å². The molecule has 0 radical (unpaired) electrons. The van der Waals surface area contributed by atoms with E-state index in [1.807, 2.05) is 12.1 Å². The van der Waals surface area contributed by atoms with Crippen molar-refractivity contribution in [2.45, 2.75) is 6.42 Å². The van der Waals surface area contributed by atoms with E-state index in [0.717, 1.165) is 11.3 Å². The monoisotopic (exact) mass is 345 g/mol.